The second-order valence-corrected chi connectivity index (χ2v) is 5.46. The molecule has 0 N–H and O–H groups in total. The van der Waals surface area contributed by atoms with Gasteiger partial charge in [0.25, 0.3) is 5.92 Å². The van der Waals surface area contributed by atoms with Gasteiger partial charge < -0.3 is 0 Å². The van der Waals surface area contributed by atoms with Gasteiger partial charge in [-0.15, -0.1) is 0 Å². The molecule has 112 valence electrons. The SMILES string of the molecule is C=C/C=C(\C)C1CN(c2ccc(C(C)(F)F)cc2)N=C1C. The zero-order valence-electron chi connectivity index (χ0n) is 12.6. The van der Waals surface area contributed by atoms with Crippen LogP contribution in [0.4, 0.5) is 14.5 Å². The maximum absolute atomic E-state index is 13.2. The minimum absolute atomic E-state index is 0.0189. The van der Waals surface area contributed by atoms with E-state index < -0.39 is 5.92 Å². The summed E-state index contributed by atoms with van der Waals surface area (Å²) < 4.78 is 26.4. The van der Waals surface area contributed by atoms with Gasteiger partial charge in [0.05, 0.1) is 12.2 Å². The number of hydrazone groups is 1. The van der Waals surface area contributed by atoms with Crippen molar-refractivity contribution >= 4 is 11.4 Å². The van der Waals surface area contributed by atoms with Gasteiger partial charge in [0.15, 0.2) is 0 Å². The van der Waals surface area contributed by atoms with Gasteiger partial charge in [-0.05, 0) is 26.0 Å². The van der Waals surface area contributed by atoms with Crippen molar-refractivity contribution in [1.82, 2.24) is 0 Å². The van der Waals surface area contributed by atoms with Gasteiger partial charge in [0, 0.05) is 24.1 Å². The molecule has 1 aliphatic rings. The number of halogens is 2. The van der Waals surface area contributed by atoms with Crippen LogP contribution >= 0.6 is 0 Å². The minimum Gasteiger partial charge on any atom is -0.265 e. The van der Waals surface area contributed by atoms with E-state index >= 15 is 0 Å². The highest BCUT2D eigenvalue weighted by Crippen LogP contribution is 2.31. The third kappa shape index (κ3) is 3.38. The van der Waals surface area contributed by atoms with Crippen molar-refractivity contribution in [3.05, 3.63) is 54.1 Å². The lowest BCUT2D eigenvalue weighted by atomic mass is 9.96. The Labute approximate surface area is 124 Å². The first-order valence-corrected chi connectivity index (χ1v) is 6.93. The van der Waals surface area contributed by atoms with Crippen molar-refractivity contribution in [3.63, 3.8) is 0 Å². The number of hydrogen-bond donors (Lipinski definition) is 0. The van der Waals surface area contributed by atoms with Gasteiger partial charge in [-0.25, -0.2) is 8.78 Å². The van der Waals surface area contributed by atoms with Crippen LogP contribution in [-0.2, 0) is 5.92 Å². The average Bonchev–Trinajstić information content (AvgIpc) is 2.80. The molecule has 0 saturated heterocycles. The van der Waals surface area contributed by atoms with Crippen LogP contribution in [0.2, 0.25) is 0 Å². The van der Waals surface area contributed by atoms with Crippen LogP contribution < -0.4 is 5.01 Å². The third-order valence-electron chi connectivity index (χ3n) is 3.74. The molecule has 0 aliphatic carbocycles. The zero-order valence-corrected chi connectivity index (χ0v) is 12.6. The molecule has 1 aromatic carbocycles. The van der Waals surface area contributed by atoms with E-state index in [9.17, 15) is 8.78 Å². The second-order valence-electron chi connectivity index (χ2n) is 5.46. The molecule has 1 aromatic rings. The van der Waals surface area contributed by atoms with E-state index in [2.05, 4.69) is 18.6 Å². The van der Waals surface area contributed by atoms with Crippen molar-refractivity contribution in [1.29, 1.82) is 0 Å². The molecule has 0 amide bonds. The van der Waals surface area contributed by atoms with E-state index in [1.54, 1.807) is 18.2 Å². The maximum atomic E-state index is 13.2. The summed E-state index contributed by atoms with van der Waals surface area (Å²) in [5.41, 5.74) is 3.07. The summed E-state index contributed by atoms with van der Waals surface area (Å²) in [6.45, 7) is 9.37. The molecule has 1 unspecified atom stereocenters. The van der Waals surface area contributed by atoms with Crippen molar-refractivity contribution in [2.75, 3.05) is 11.6 Å². The number of rotatable bonds is 4. The largest absolute Gasteiger partial charge is 0.270 e. The smallest absolute Gasteiger partial charge is 0.265 e. The van der Waals surface area contributed by atoms with Crippen LogP contribution in [0.25, 0.3) is 0 Å². The van der Waals surface area contributed by atoms with E-state index in [1.807, 2.05) is 18.0 Å². The molecular weight excluding hydrogens is 270 g/mol. The topological polar surface area (TPSA) is 15.6 Å². The Morgan fingerprint density at radius 1 is 1.38 bits per heavy atom. The number of hydrogen-bond acceptors (Lipinski definition) is 2. The van der Waals surface area contributed by atoms with Crippen LogP contribution in [0.15, 0.2) is 53.7 Å². The van der Waals surface area contributed by atoms with Crippen molar-refractivity contribution in [3.8, 4) is 0 Å². The highest BCUT2D eigenvalue weighted by Gasteiger charge is 2.27. The fraction of sp³-hybridized carbons (Fsp3) is 0.353. The summed E-state index contributed by atoms with van der Waals surface area (Å²) in [5.74, 6) is -2.57. The van der Waals surface area contributed by atoms with Gasteiger partial charge in [-0.3, -0.25) is 5.01 Å². The standard InChI is InChI=1S/C17H20F2N2/c1-5-6-12(2)16-11-21(20-13(16)3)15-9-7-14(8-10-15)17(4,18)19/h5-10,16H,1,11H2,2-4H3/b12-6+. The molecule has 2 nitrogen and oxygen atoms in total. The van der Waals surface area contributed by atoms with Crippen molar-refractivity contribution in [2.24, 2.45) is 11.0 Å². The van der Waals surface area contributed by atoms with Gasteiger partial charge in [0.2, 0.25) is 0 Å². The predicted molar refractivity (Wildman–Crippen MR) is 83.9 cm³/mol. The summed E-state index contributed by atoms with van der Waals surface area (Å²) in [4.78, 5) is 0. The molecule has 0 saturated carbocycles. The molecule has 0 aromatic heterocycles. The van der Waals surface area contributed by atoms with E-state index in [-0.39, 0.29) is 11.5 Å². The fourth-order valence-corrected chi connectivity index (χ4v) is 2.47. The molecule has 0 spiro atoms. The summed E-state index contributed by atoms with van der Waals surface area (Å²) in [5, 5.41) is 6.38. The Morgan fingerprint density at radius 3 is 2.52 bits per heavy atom. The number of anilines is 1. The third-order valence-corrected chi connectivity index (χ3v) is 3.74. The van der Waals surface area contributed by atoms with Crippen molar-refractivity contribution < 1.29 is 8.78 Å². The van der Waals surface area contributed by atoms with Crippen LogP contribution in [0, 0.1) is 5.92 Å². The Bertz CT molecular complexity index is 580. The highest BCUT2D eigenvalue weighted by atomic mass is 19.3. The zero-order chi connectivity index (χ0) is 15.6. The number of allylic oxidation sites excluding steroid dienone is 2. The Hall–Kier alpha value is -1.97. The molecular formula is C17H20F2N2. The molecule has 4 heteroatoms. The van der Waals surface area contributed by atoms with Crippen LogP contribution in [0.3, 0.4) is 0 Å². The molecule has 1 aliphatic heterocycles. The molecule has 1 atom stereocenters. The summed E-state index contributed by atoms with van der Waals surface area (Å²) in [6, 6.07) is 6.30. The van der Waals surface area contributed by atoms with Gasteiger partial charge in [-0.1, -0.05) is 36.4 Å². The van der Waals surface area contributed by atoms with E-state index in [0.717, 1.165) is 24.9 Å². The van der Waals surface area contributed by atoms with E-state index in [4.69, 9.17) is 0 Å². The normalized spacial score (nSPS) is 19.7. The van der Waals surface area contributed by atoms with Crippen LogP contribution in [-0.4, -0.2) is 12.3 Å². The molecule has 2 rings (SSSR count). The minimum atomic E-state index is -2.81. The molecule has 0 bridgehead atoms. The number of benzene rings is 1. The monoisotopic (exact) mass is 290 g/mol. The molecule has 0 radical (unpaired) electrons. The van der Waals surface area contributed by atoms with Crippen LogP contribution in [0.1, 0.15) is 26.3 Å². The van der Waals surface area contributed by atoms with Crippen molar-refractivity contribution in [2.45, 2.75) is 26.7 Å². The molecule has 0 fully saturated rings. The van der Waals surface area contributed by atoms with Gasteiger partial charge in [0.1, 0.15) is 0 Å². The summed E-state index contributed by atoms with van der Waals surface area (Å²) in [6.07, 6.45) is 3.75. The first kappa shape index (κ1) is 15.4. The Balaban J connectivity index is 2.18. The van der Waals surface area contributed by atoms with Crippen LogP contribution in [0.5, 0.6) is 0 Å². The number of nitrogens with zero attached hydrogens (tertiary/aromatic N) is 2. The lowest BCUT2D eigenvalue weighted by Crippen LogP contribution is -2.19. The predicted octanol–water partition coefficient (Wildman–Crippen LogP) is 4.74. The van der Waals surface area contributed by atoms with Gasteiger partial charge in [-0.2, -0.15) is 5.10 Å². The van der Waals surface area contributed by atoms with E-state index in [0.29, 0.717) is 0 Å². The maximum Gasteiger partial charge on any atom is 0.270 e. The molecule has 21 heavy (non-hydrogen) atoms. The Kier molecular flexibility index (Phi) is 4.26. The fourth-order valence-electron chi connectivity index (χ4n) is 2.47. The first-order valence-electron chi connectivity index (χ1n) is 6.93. The first-order chi connectivity index (χ1) is 9.82. The number of alkyl halides is 2. The summed E-state index contributed by atoms with van der Waals surface area (Å²) in [7, 11) is 0. The lowest BCUT2D eigenvalue weighted by molar-refractivity contribution is 0.0175. The lowest BCUT2D eigenvalue weighted by Gasteiger charge is -2.18. The Morgan fingerprint density at radius 2 is 2.00 bits per heavy atom. The highest BCUT2D eigenvalue weighted by molar-refractivity contribution is 5.90. The van der Waals surface area contributed by atoms with Gasteiger partial charge >= 0.3 is 0 Å². The molecule has 1 heterocycles. The summed E-state index contributed by atoms with van der Waals surface area (Å²) >= 11 is 0. The quantitative estimate of drug-likeness (QED) is 0.731. The average molecular weight is 290 g/mol. The van der Waals surface area contributed by atoms with E-state index in [1.165, 1.54) is 17.7 Å². The second kappa shape index (κ2) is 5.80.